The van der Waals surface area contributed by atoms with Crippen LogP contribution in [0.5, 0.6) is 5.75 Å². The summed E-state index contributed by atoms with van der Waals surface area (Å²) >= 11 is 6.47. The van der Waals surface area contributed by atoms with Crippen LogP contribution in [0.3, 0.4) is 0 Å². The molecule has 2 aromatic rings. The summed E-state index contributed by atoms with van der Waals surface area (Å²) in [7, 11) is 0. The van der Waals surface area contributed by atoms with Gasteiger partial charge in [0.15, 0.2) is 0 Å². The van der Waals surface area contributed by atoms with Crippen molar-refractivity contribution < 1.29 is 13.9 Å². The van der Waals surface area contributed by atoms with E-state index in [2.05, 4.69) is 13.8 Å². The number of hydrogen-bond acceptors (Lipinski definition) is 2. The maximum atomic E-state index is 15.2. The molecule has 2 nitrogen and oxygen atoms in total. The minimum Gasteiger partial charge on any atom is -0.494 e. The fourth-order valence-corrected chi connectivity index (χ4v) is 4.48. The van der Waals surface area contributed by atoms with Crippen LogP contribution in [0, 0.1) is 5.82 Å². The molecule has 1 saturated carbocycles. The molecule has 0 unspecified atom stereocenters. The second-order valence-corrected chi connectivity index (χ2v) is 8.63. The summed E-state index contributed by atoms with van der Waals surface area (Å²) in [5, 5.41) is 0.215. The molecule has 0 heterocycles. The predicted molar refractivity (Wildman–Crippen MR) is 123 cm³/mol. The Morgan fingerprint density at radius 2 is 1.63 bits per heavy atom. The van der Waals surface area contributed by atoms with Crippen LogP contribution < -0.4 is 4.74 Å². The first-order chi connectivity index (χ1) is 14.6. The first-order valence-corrected chi connectivity index (χ1v) is 11.8. The van der Waals surface area contributed by atoms with Gasteiger partial charge in [0.1, 0.15) is 11.6 Å². The SMILES string of the molecule is CCCCCOC1CCC(c2ccc(-c3ccc(OCCC)cc3)c(Cl)c2F)CC1. The Morgan fingerprint density at radius 3 is 2.30 bits per heavy atom. The molecule has 0 atom stereocenters. The van der Waals surface area contributed by atoms with E-state index in [4.69, 9.17) is 21.1 Å². The van der Waals surface area contributed by atoms with Crippen molar-refractivity contribution >= 4 is 11.6 Å². The van der Waals surface area contributed by atoms with Gasteiger partial charge in [0.25, 0.3) is 0 Å². The van der Waals surface area contributed by atoms with E-state index in [1.807, 2.05) is 36.4 Å². The van der Waals surface area contributed by atoms with Crippen LogP contribution in [0.4, 0.5) is 4.39 Å². The number of unbranched alkanes of at least 4 members (excludes halogenated alkanes) is 2. The molecule has 3 rings (SSSR count). The Hall–Kier alpha value is -1.58. The van der Waals surface area contributed by atoms with Crippen LogP contribution in [0.15, 0.2) is 36.4 Å². The molecule has 30 heavy (non-hydrogen) atoms. The summed E-state index contributed by atoms with van der Waals surface area (Å²) in [5.74, 6) is 0.770. The zero-order chi connectivity index (χ0) is 21.3. The minimum absolute atomic E-state index is 0.215. The summed E-state index contributed by atoms with van der Waals surface area (Å²) in [4.78, 5) is 0. The van der Waals surface area contributed by atoms with E-state index in [9.17, 15) is 0 Å². The van der Waals surface area contributed by atoms with Gasteiger partial charge < -0.3 is 9.47 Å². The predicted octanol–water partition coefficient (Wildman–Crippen LogP) is 8.17. The van der Waals surface area contributed by atoms with Gasteiger partial charge in [-0.3, -0.25) is 0 Å². The largest absolute Gasteiger partial charge is 0.494 e. The van der Waals surface area contributed by atoms with Crippen molar-refractivity contribution in [2.24, 2.45) is 0 Å². The Kier molecular flexibility index (Phi) is 9.02. The van der Waals surface area contributed by atoms with Gasteiger partial charge in [-0.25, -0.2) is 4.39 Å². The fourth-order valence-electron chi connectivity index (χ4n) is 4.20. The van der Waals surface area contributed by atoms with Crippen LogP contribution in [0.1, 0.15) is 76.7 Å². The molecule has 4 heteroatoms. The molecule has 0 radical (unpaired) electrons. The second kappa shape index (κ2) is 11.7. The maximum Gasteiger partial charge on any atom is 0.145 e. The van der Waals surface area contributed by atoms with Gasteiger partial charge in [-0.2, -0.15) is 0 Å². The first kappa shape index (κ1) is 23.1. The highest BCUT2D eigenvalue weighted by Gasteiger charge is 2.26. The van der Waals surface area contributed by atoms with Gasteiger partial charge in [-0.1, -0.05) is 62.6 Å². The molecule has 1 aliphatic rings. The van der Waals surface area contributed by atoms with Gasteiger partial charge >= 0.3 is 0 Å². The maximum absolute atomic E-state index is 15.2. The second-order valence-electron chi connectivity index (χ2n) is 8.25. The van der Waals surface area contributed by atoms with E-state index in [0.29, 0.717) is 12.7 Å². The van der Waals surface area contributed by atoms with Gasteiger partial charge in [0, 0.05) is 12.2 Å². The highest BCUT2D eigenvalue weighted by Crippen LogP contribution is 2.40. The fraction of sp³-hybridized carbons (Fsp3) is 0.538. The van der Waals surface area contributed by atoms with E-state index in [0.717, 1.165) is 67.6 Å². The van der Waals surface area contributed by atoms with Crippen LogP contribution in [-0.2, 0) is 4.74 Å². The molecule has 2 aromatic carbocycles. The smallest absolute Gasteiger partial charge is 0.145 e. The highest BCUT2D eigenvalue weighted by molar-refractivity contribution is 6.33. The van der Waals surface area contributed by atoms with Crippen molar-refractivity contribution in [3.63, 3.8) is 0 Å². The molecule has 0 saturated heterocycles. The lowest BCUT2D eigenvalue weighted by Crippen LogP contribution is -2.21. The Bertz CT molecular complexity index is 782. The van der Waals surface area contributed by atoms with E-state index < -0.39 is 0 Å². The van der Waals surface area contributed by atoms with E-state index in [-0.39, 0.29) is 16.8 Å². The van der Waals surface area contributed by atoms with Crippen LogP contribution in [0.2, 0.25) is 5.02 Å². The summed E-state index contributed by atoms with van der Waals surface area (Å²) in [6.07, 6.45) is 8.75. The van der Waals surface area contributed by atoms with Crippen molar-refractivity contribution in [2.75, 3.05) is 13.2 Å². The molecule has 0 bridgehead atoms. The van der Waals surface area contributed by atoms with Crippen molar-refractivity contribution in [2.45, 2.75) is 77.2 Å². The van der Waals surface area contributed by atoms with Crippen LogP contribution >= 0.6 is 11.6 Å². The molecule has 0 N–H and O–H groups in total. The normalized spacial score (nSPS) is 19.1. The Balaban J connectivity index is 1.63. The number of benzene rings is 2. The lowest BCUT2D eigenvalue weighted by atomic mass is 9.82. The molecule has 164 valence electrons. The van der Waals surface area contributed by atoms with E-state index in [1.165, 1.54) is 12.8 Å². The summed E-state index contributed by atoms with van der Waals surface area (Å²) in [6, 6.07) is 11.6. The molecule has 0 aliphatic heterocycles. The molecule has 0 amide bonds. The first-order valence-electron chi connectivity index (χ1n) is 11.5. The third-order valence-electron chi connectivity index (χ3n) is 5.97. The van der Waals surface area contributed by atoms with Crippen molar-refractivity contribution in [3.8, 4) is 16.9 Å². The van der Waals surface area contributed by atoms with Gasteiger partial charge in [0.2, 0.25) is 0 Å². The van der Waals surface area contributed by atoms with Gasteiger partial charge in [-0.15, -0.1) is 0 Å². The Labute approximate surface area is 185 Å². The standard InChI is InChI=1S/C26H34ClFO2/c1-3-5-6-18-30-22-13-9-20(10-14-22)24-16-15-23(25(27)26(24)28)19-7-11-21(12-8-19)29-17-4-2/h7-8,11-12,15-16,20,22H,3-6,9-10,13-14,17-18H2,1-2H3. The monoisotopic (exact) mass is 432 g/mol. The molecular weight excluding hydrogens is 399 g/mol. The number of halogens is 2. The third-order valence-corrected chi connectivity index (χ3v) is 6.34. The minimum atomic E-state index is -0.271. The molecule has 1 fully saturated rings. The van der Waals surface area contributed by atoms with Crippen molar-refractivity contribution in [1.29, 1.82) is 0 Å². The zero-order valence-electron chi connectivity index (χ0n) is 18.3. The lowest BCUT2D eigenvalue weighted by molar-refractivity contribution is 0.0225. The molecule has 0 spiro atoms. The number of ether oxygens (including phenoxy) is 2. The molecule has 1 aliphatic carbocycles. The zero-order valence-corrected chi connectivity index (χ0v) is 19.0. The van der Waals surface area contributed by atoms with Gasteiger partial charge in [0.05, 0.1) is 17.7 Å². The molecular formula is C26H34ClFO2. The summed E-state index contributed by atoms with van der Waals surface area (Å²) in [5.41, 5.74) is 2.38. The average molecular weight is 433 g/mol. The van der Waals surface area contributed by atoms with E-state index in [1.54, 1.807) is 0 Å². The number of rotatable bonds is 10. The van der Waals surface area contributed by atoms with Gasteiger partial charge in [-0.05, 0) is 67.7 Å². The van der Waals surface area contributed by atoms with E-state index >= 15 is 4.39 Å². The number of hydrogen-bond donors (Lipinski definition) is 0. The Morgan fingerprint density at radius 1 is 0.900 bits per heavy atom. The van der Waals surface area contributed by atoms with Crippen molar-refractivity contribution in [3.05, 3.63) is 52.8 Å². The third kappa shape index (κ3) is 5.98. The highest BCUT2D eigenvalue weighted by atomic mass is 35.5. The average Bonchev–Trinajstić information content (AvgIpc) is 2.78. The summed E-state index contributed by atoms with van der Waals surface area (Å²) < 4.78 is 26.8. The molecule has 0 aromatic heterocycles. The lowest BCUT2D eigenvalue weighted by Gasteiger charge is -2.29. The topological polar surface area (TPSA) is 18.5 Å². The van der Waals surface area contributed by atoms with Crippen molar-refractivity contribution in [1.82, 2.24) is 0 Å². The van der Waals surface area contributed by atoms with Crippen LogP contribution in [0.25, 0.3) is 11.1 Å². The quantitative estimate of drug-likeness (QED) is 0.352. The summed E-state index contributed by atoms with van der Waals surface area (Å²) in [6.45, 7) is 5.81. The van der Waals surface area contributed by atoms with Crippen LogP contribution in [-0.4, -0.2) is 19.3 Å².